The van der Waals surface area contributed by atoms with Gasteiger partial charge in [0.1, 0.15) is 39.6 Å². The highest BCUT2D eigenvalue weighted by atomic mass is 35.5. The number of carbonyl (C=O) groups is 6. The number of benzene rings is 3. The van der Waals surface area contributed by atoms with Crippen molar-refractivity contribution >= 4 is 65.6 Å². The van der Waals surface area contributed by atoms with Gasteiger partial charge in [0.05, 0.1) is 16.2 Å². The number of aryl methyl sites for hydroxylation is 6. The number of hydrogen-bond donors (Lipinski definition) is 0. The summed E-state index contributed by atoms with van der Waals surface area (Å²) in [5, 5.41) is 0.644. The minimum absolute atomic E-state index is 0.0311. The third kappa shape index (κ3) is 23.5. The Morgan fingerprint density at radius 2 is 0.800 bits per heavy atom. The second-order valence-corrected chi connectivity index (χ2v) is 19.2. The maximum absolute atomic E-state index is 11.8. The minimum Gasteiger partial charge on any atom is -0.462 e. The van der Waals surface area contributed by atoms with Gasteiger partial charge in [0, 0.05) is 23.3 Å². The average Bonchev–Trinajstić information content (AvgIpc) is 3.31. The molecule has 0 saturated carbocycles. The normalized spacial score (nSPS) is 11.5. The molecule has 0 aliphatic rings. The van der Waals surface area contributed by atoms with E-state index in [1.807, 2.05) is 127 Å². The molecule has 3 aromatic carbocycles. The molecule has 384 valence electrons. The Labute approximate surface area is 422 Å². The Hall–Kier alpha value is -6.01. The van der Waals surface area contributed by atoms with E-state index in [1.165, 1.54) is 34.9 Å². The van der Waals surface area contributed by atoms with Gasteiger partial charge in [-0.2, -0.15) is 0 Å². The molecule has 0 spiro atoms. The van der Waals surface area contributed by atoms with Crippen molar-refractivity contribution in [1.82, 2.24) is 0 Å². The van der Waals surface area contributed by atoms with Crippen LogP contribution in [0.1, 0.15) is 132 Å². The molecule has 3 rings (SSSR count). The van der Waals surface area contributed by atoms with Gasteiger partial charge in [0.15, 0.2) is 0 Å². The van der Waals surface area contributed by atoms with Crippen molar-refractivity contribution in [3.05, 3.63) is 122 Å². The summed E-state index contributed by atoms with van der Waals surface area (Å²) < 4.78 is 30.4. The molecule has 0 aliphatic heterocycles. The summed E-state index contributed by atoms with van der Waals surface area (Å²) in [6.45, 7) is 29.1. The maximum Gasteiger partial charge on any atom is 0.330 e. The smallest absolute Gasteiger partial charge is 0.330 e. The lowest BCUT2D eigenvalue weighted by molar-refractivity contribution is -0.158. The Balaban J connectivity index is 0.000000525. The molecule has 0 heterocycles. The molecule has 70 heavy (non-hydrogen) atoms. The van der Waals surface area contributed by atoms with Crippen molar-refractivity contribution in [2.75, 3.05) is 39.6 Å². The van der Waals surface area contributed by atoms with E-state index in [0.717, 1.165) is 33.4 Å². The van der Waals surface area contributed by atoms with E-state index in [0.29, 0.717) is 24.3 Å². The molecule has 0 amide bonds. The van der Waals surface area contributed by atoms with Crippen LogP contribution in [0.5, 0.6) is 0 Å². The van der Waals surface area contributed by atoms with Gasteiger partial charge in [0.2, 0.25) is 0 Å². The topological polar surface area (TPSA) is 158 Å². The van der Waals surface area contributed by atoms with E-state index >= 15 is 0 Å². The zero-order valence-corrected chi connectivity index (χ0v) is 45.0. The summed E-state index contributed by atoms with van der Waals surface area (Å²) in [6, 6.07) is 15.7. The van der Waals surface area contributed by atoms with Crippen LogP contribution in [0.2, 0.25) is 5.02 Å². The molecule has 0 atom stereocenters. The molecule has 0 unspecified atom stereocenters. The van der Waals surface area contributed by atoms with Crippen LogP contribution in [0.25, 0.3) is 18.2 Å². The number of esters is 6. The lowest BCUT2D eigenvalue weighted by Crippen LogP contribution is -2.27. The van der Waals surface area contributed by atoms with Crippen LogP contribution in [0.3, 0.4) is 0 Å². The molecule has 12 nitrogen and oxygen atoms in total. The van der Waals surface area contributed by atoms with E-state index in [4.69, 9.17) is 40.0 Å². The lowest BCUT2D eigenvalue weighted by Gasteiger charge is -2.20. The third-order valence-corrected chi connectivity index (χ3v) is 12.1. The van der Waals surface area contributed by atoms with Gasteiger partial charge in [-0.3, -0.25) is 14.4 Å². The van der Waals surface area contributed by atoms with E-state index < -0.39 is 34.2 Å². The fourth-order valence-corrected chi connectivity index (χ4v) is 5.55. The Kier molecular flexibility index (Phi) is 27.1. The van der Waals surface area contributed by atoms with Gasteiger partial charge in [-0.15, -0.1) is 0 Å². The highest BCUT2D eigenvalue weighted by Gasteiger charge is 2.28. The Morgan fingerprint density at radius 1 is 0.429 bits per heavy atom. The fraction of sp³-hybridized carbons (Fsp3) is 0.474. The summed E-state index contributed by atoms with van der Waals surface area (Å²) in [5.41, 5.74) is 8.02. The molecule has 0 radical (unpaired) electrons. The summed E-state index contributed by atoms with van der Waals surface area (Å²) >= 11 is 6.01. The maximum atomic E-state index is 11.8. The van der Waals surface area contributed by atoms with E-state index in [-0.39, 0.29) is 57.5 Å². The molecular weight excluding hydrogens is 912 g/mol. The van der Waals surface area contributed by atoms with E-state index in [1.54, 1.807) is 24.3 Å². The van der Waals surface area contributed by atoms with Gasteiger partial charge in [-0.05, 0) is 171 Å². The first kappa shape index (κ1) is 62.0. The first-order valence-corrected chi connectivity index (χ1v) is 24.0. The number of hydrogen-bond acceptors (Lipinski definition) is 12. The quantitative estimate of drug-likeness (QED) is 0.0431. The Bertz CT molecular complexity index is 2320. The van der Waals surface area contributed by atoms with Crippen LogP contribution in [-0.2, 0) is 57.2 Å². The van der Waals surface area contributed by atoms with Crippen LogP contribution in [-0.4, -0.2) is 75.5 Å². The zero-order chi connectivity index (χ0) is 53.2. The van der Waals surface area contributed by atoms with Crippen LogP contribution in [0, 0.1) is 57.8 Å². The highest BCUT2D eigenvalue weighted by Crippen LogP contribution is 2.24. The molecule has 0 fully saturated rings. The van der Waals surface area contributed by atoms with Crippen molar-refractivity contribution in [2.24, 2.45) is 16.2 Å². The van der Waals surface area contributed by atoms with Crippen LogP contribution in [0.4, 0.5) is 0 Å². The van der Waals surface area contributed by atoms with Crippen molar-refractivity contribution in [1.29, 1.82) is 0 Å². The van der Waals surface area contributed by atoms with Crippen LogP contribution in [0.15, 0.2) is 66.8 Å². The minimum atomic E-state index is -0.519. The van der Waals surface area contributed by atoms with Crippen molar-refractivity contribution in [3.8, 4) is 0 Å². The van der Waals surface area contributed by atoms with Crippen molar-refractivity contribution in [2.45, 2.75) is 123 Å². The second kappa shape index (κ2) is 30.6. The molecular formula is C57H77ClO12. The van der Waals surface area contributed by atoms with Gasteiger partial charge >= 0.3 is 35.8 Å². The lowest BCUT2D eigenvalue weighted by atomic mass is 9.91. The first-order valence-electron chi connectivity index (χ1n) is 23.7. The number of halogens is 1. The summed E-state index contributed by atoms with van der Waals surface area (Å²) in [4.78, 5) is 70.2. The fourth-order valence-electron chi connectivity index (χ4n) is 5.36. The van der Waals surface area contributed by atoms with Gasteiger partial charge < -0.3 is 28.4 Å². The average molecular weight is 990 g/mol. The monoisotopic (exact) mass is 989 g/mol. The second-order valence-electron chi connectivity index (χ2n) is 18.8. The summed E-state index contributed by atoms with van der Waals surface area (Å²) in [7, 11) is 0. The highest BCUT2D eigenvalue weighted by molar-refractivity contribution is 6.31. The number of rotatable bonds is 21. The number of carbonyl (C=O) groups excluding carboxylic acids is 6. The SMILES string of the molecule is CCC(C)(C)C(=O)OCCOC(=O)/C=C/c1cc(C)c(C)cc1C.CCC(C)(C)C(=O)OCCOC(=O)/C=C/c1ccc(C)c(Cl)c1.CCC(C)(C)C(=O)OCCOC(=O)/C=C/c1ccc(C)cc1C. The predicted molar refractivity (Wildman–Crippen MR) is 278 cm³/mol. The predicted octanol–water partition coefficient (Wildman–Crippen LogP) is 12.2. The molecule has 0 aliphatic carbocycles. The molecule has 13 heteroatoms. The largest absolute Gasteiger partial charge is 0.462 e. The molecule has 0 bridgehead atoms. The molecule has 0 N–H and O–H groups in total. The van der Waals surface area contributed by atoms with Gasteiger partial charge in [-0.25, -0.2) is 14.4 Å². The van der Waals surface area contributed by atoms with Crippen LogP contribution < -0.4 is 0 Å². The Morgan fingerprint density at radius 3 is 1.20 bits per heavy atom. The zero-order valence-electron chi connectivity index (χ0n) is 44.2. The van der Waals surface area contributed by atoms with Crippen LogP contribution >= 0.6 is 11.6 Å². The van der Waals surface area contributed by atoms with E-state index in [2.05, 4.69) is 19.1 Å². The molecule has 0 saturated heterocycles. The van der Waals surface area contributed by atoms with Gasteiger partial charge in [-0.1, -0.05) is 80.4 Å². The third-order valence-electron chi connectivity index (χ3n) is 11.7. The summed E-state index contributed by atoms with van der Waals surface area (Å²) in [5.74, 6) is -2.23. The standard InChI is InChI=1S/C20H28O4.C19H26O4.C18H23ClO4/c1-7-20(5,6)19(22)24-11-10-23-18(21)9-8-17-13-15(3)14(2)12-16(17)4;1-6-19(4,5)18(21)23-12-11-22-17(20)10-9-16-8-7-14(2)13-15(16)3;1-5-18(3,4)17(21)23-11-10-22-16(20)9-8-14-7-6-13(2)15(19)12-14/h8-9,12-13H,7,10-11H2,1-6H3;7-10,13H,6,11-12H2,1-5H3;6-9,12H,5,10-11H2,1-4H3/b9-8+;10-9+;9-8+. The first-order chi connectivity index (χ1) is 32.7. The molecule has 3 aromatic rings. The van der Waals surface area contributed by atoms with E-state index in [9.17, 15) is 28.8 Å². The van der Waals surface area contributed by atoms with Crippen molar-refractivity contribution < 1.29 is 57.2 Å². The van der Waals surface area contributed by atoms with Gasteiger partial charge in [0.25, 0.3) is 0 Å². The molecule has 0 aromatic heterocycles. The van der Waals surface area contributed by atoms with Crippen molar-refractivity contribution in [3.63, 3.8) is 0 Å². The summed E-state index contributed by atoms with van der Waals surface area (Å²) in [6.07, 6.45) is 11.3. The number of ether oxygens (including phenoxy) is 6.